The van der Waals surface area contributed by atoms with Gasteiger partial charge in [0.15, 0.2) is 5.96 Å². The van der Waals surface area contributed by atoms with Crippen LogP contribution in [-0.4, -0.2) is 42.3 Å². The number of guanidine groups is 1. The van der Waals surface area contributed by atoms with E-state index in [0.717, 1.165) is 6.42 Å². The number of amides is 2. The molecule has 3 aliphatic rings. The van der Waals surface area contributed by atoms with Gasteiger partial charge in [0.25, 0.3) is 0 Å². The van der Waals surface area contributed by atoms with Gasteiger partial charge in [-0.25, -0.2) is 9.38 Å². The van der Waals surface area contributed by atoms with Gasteiger partial charge in [-0.1, -0.05) is 12.2 Å². The summed E-state index contributed by atoms with van der Waals surface area (Å²) in [5.41, 5.74) is 0.734. The Morgan fingerprint density at radius 1 is 1.23 bits per heavy atom. The summed E-state index contributed by atoms with van der Waals surface area (Å²) < 4.78 is 14.0. The third-order valence-electron chi connectivity index (χ3n) is 6.34. The first-order chi connectivity index (χ1) is 15.0. The molecule has 2 bridgehead atoms. The Labute approximate surface area is 181 Å². The zero-order chi connectivity index (χ0) is 22.0. The lowest BCUT2D eigenvalue weighted by Crippen LogP contribution is -2.40. The molecule has 1 saturated carbocycles. The fraction of sp³-hybridized carbons (Fsp3) is 0.478. The van der Waals surface area contributed by atoms with Crippen molar-refractivity contribution in [3.63, 3.8) is 0 Å². The molecule has 1 saturated heterocycles. The minimum absolute atomic E-state index is 0.0275. The lowest BCUT2D eigenvalue weighted by atomic mass is 9.85. The average Bonchev–Trinajstić information content (AvgIpc) is 3.45. The second kappa shape index (κ2) is 8.88. The molecular weight excluding hydrogens is 397 g/mol. The molecule has 1 heterocycles. The maximum atomic E-state index is 14.0. The number of hydrogen-bond acceptors (Lipinski definition) is 4. The van der Waals surface area contributed by atoms with Gasteiger partial charge in [-0.05, 0) is 49.8 Å². The number of carbonyl (C=O) groups excluding carboxylic acids is 2. The van der Waals surface area contributed by atoms with Gasteiger partial charge in [-0.15, -0.1) is 0 Å². The Balaban J connectivity index is 1.30. The van der Waals surface area contributed by atoms with E-state index in [4.69, 9.17) is 5.26 Å². The molecule has 2 aliphatic carbocycles. The molecule has 7 nitrogen and oxygen atoms in total. The van der Waals surface area contributed by atoms with Crippen LogP contribution in [0.3, 0.4) is 0 Å². The second-order valence-electron chi connectivity index (χ2n) is 8.22. The number of hydrogen-bond donors (Lipinski definition) is 2. The lowest BCUT2D eigenvalue weighted by Gasteiger charge is -2.18. The highest BCUT2D eigenvalue weighted by Gasteiger charge is 2.58. The molecule has 1 aromatic rings. The highest BCUT2D eigenvalue weighted by Crippen LogP contribution is 2.52. The zero-order valence-electron chi connectivity index (χ0n) is 17.5. The minimum atomic E-state index is -0.404. The van der Waals surface area contributed by atoms with Crippen LogP contribution in [-0.2, 0) is 16.1 Å². The highest BCUT2D eigenvalue weighted by atomic mass is 19.1. The molecule has 1 aromatic carbocycles. The van der Waals surface area contributed by atoms with Gasteiger partial charge in [0.2, 0.25) is 11.8 Å². The summed E-state index contributed by atoms with van der Waals surface area (Å²) in [6.07, 6.45) is 5.72. The Kier molecular flexibility index (Phi) is 6.03. The van der Waals surface area contributed by atoms with Gasteiger partial charge in [0.1, 0.15) is 5.82 Å². The summed E-state index contributed by atoms with van der Waals surface area (Å²) >= 11 is 0. The number of nitrogens with one attached hydrogen (secondary N) is 2. The topological polar surface area (TPSA) is 97.6 Å². The van der Waals surface area contributed by atoms with E-state index in [1.54, 1.807) is 0 Å². The van der Waals surface area contributed by atoms with Crippen molar-refractivity contribution < 1.29 is 14.0 Å². The number of benzene rings is 1. The number of likely N-dealkylation sites (tertiary alicyclic amines) is 1. The molecule has 2 amide bonds. The standard InChI is InChI=1S/C23H26FN5O2/c1-2-26-23(28-13-17-10-14(12-25)4-7-18(17)24)27-8-3-9-29-21(30)19-15-5-6-16(11-15)20(19)22(29)31/h4-7,10,15-16,19-20H,2-3,8-9,11,13H2,1H3,(H2,26,27,28). The molecule has 0 aromatic heterocycles. The number of nitrogens with zero attached hydrogens (tertiary/aromatic N) is 3. The predicted octanol–water partition coefficient (Wildman–Crippen LogP) is 1.95. The summed E-state index contributed by atoms with van der Waals surface area (Å²) in [4.78, 5) is 31.2. The van der Waals surface area contributed by atoms with Crippen molar-refractivity contribution in [1.29, 1.82) is 5.26 Å². The Morgan fingerprint density at radius 3 is 2.58 bits per heavy atom. The molecule has 162 valence electrons. The number of imide groups is 1. The molecule has 0 radical (unpaired) electrons. The van der Waals surface area contributed by atoms with Gasteiger partial charge in [-0.3, -0.25) is 14.5 Å². The van der Waals surface area contributed by atoms with Gasteiger partial charge in [0.05, 0.1) is 30.0 Å². The predicted molar refractivity (Wildman–Crippen MR) is 113 cm³/mol. The number of halogens is 1. The van der Waals surface area contributed by atoms with E-state index in [2.05, 4.69) is 27.8 Å². The molecule has 0 spiro atoms. The van der Waals surface area contributed by atoms with Crippen molar-refractivity contribution >= 4 is 17.8 Å². The number of carbonyl (C=O) groups is 2. The third kappa shape index (κ3) is 4.05. The van der Waals surface area contributed by atoms with Gasteiger partial charge >= 0.3 is 0 Å². The van der Waals surface area contributed by atoms with Crippen LogP contribution in [0.2, 0.25) is 0 Å². The molecule has 8 heteroatoms. The molecule has 2 fully saturated rings. The number of aliphatic imine (C=N–C) groups is 1. The number of allylic oxidation sites excluding steroid dienone is 2. The summed E-state index contributed by atoms with van der Waals surface area (Å²) in [7, 11) is 0. The second-order valence-corrected chi connectivity index (χ2v) is 8.22. The van der Waals surface area contributed by atoms with E-state index in [0.29, 0.717) is 43.1 Å². The number of rotatable bonds is 7. The molecule has 31 heavy (non-hydrogen) atoms. The zero-order valence-corrected chi connectivity index (χ0v) is 17.5. The van der Waals surface area contributed by atoms with Crippen molar-refractivity contribution in [3.05, 3.63) is 47.3 Å². The molecule has 4 atom stereocenters. The fourth-order valence-electron chi connectivity index (χ4n) is 4.90. The fourth-order valence-corrected chi connectivity index (χ4v) is 4.90. The maximum absolute atomic E-state index is 14.0. The van der Waals surface area contributed by atoms with E-state index in [-0.39, 0.29) is 42.0 Å². The van der Waals surface area contributed by atoms with Crippen LogP contribution in [0.25, 0.3) is 0 Å². The largest absolute Gasteiger partial charge is 0.357 e. The maximum Gasteiger partial charge on any atom is 0.233 e. The van der Waals surface area contributed by atoms with E-state index < -0.39 is 5.82 Å². The monoisotopic (exact) mass is 423 g/mol. The highest BCUT2D eigenvalue weighted by molar-refractivity contribution is 6.06. The third-order valence-corrected chi connectivity index (χ3v) is 6.34. The summed E-state index contributed by atoms with van der Waals surface area (Å²) in [5.74, 6) is 0.187. The van der Waals surface area contributed by atoms with Crippen LogP contribution in [0.5, 0.6) is 0 Å². The molecule has 4 unspecified atom stereocenters. The van der Waals surface area contributed by atoms with Crippen LogP contribution in [0.4, 0.5) is 4.39 Å². The number of fused-ring (bicyclic) bond motifs is 5. The van der Waals surface area contributed by atoms with Crippen molar-refractivity contribution in [1.82, 2.24) is 15.5 Å². The van der Waals surface area contributed by atoms with Gasteiger partial charge < -0.3 is 10.6 Å². The number of nitriles is 1. The smallest absolute Gasteiger partial charge is 0.233 e. The first-order valence-corrected chi connectivity index (χ1v) is 10.8. The van der Waals surface area contributed by atoms with Crippen molar-refractivity contribution in [2.45, 2.75) is 26.3 Å². The molecular formula is C23H26FN5O2. The van der Waals surface area contributed by atoms with Crippen molar-refractivity contribution in [2.24, 2.45) is 28.7 Å². The van der Waals surface area contributed by atoms with E-state index in [1.165, 1.54) is 23.1 Å². The first kappa shape index (κ1) is 21.0. The Morgan fingerprint density at radius 2 is 1.94 bits per heavy atom. The van der Waals surface area contributed by atoms with E-state index in [1.807, 2.05) is 13.0 Å². The van der Waals surface area contributed by atoms with Gasteiger partial charge in [0, 0.05) is 25.2 Å². The van der Waals surface area contributed by atoms with Crippen LogP contribution < -0.4 is 10.6 Å². The lowest BCUT2D eigenvalue weighted by molar-refractivity contribution is -0.140. The van der Waals surface area contributed by atoms with Crippen LogP contribution in [0, 0.1) is 40.8 Å². The Bertz CT molecular complexity index is 953. The van der Waals surface area contributed by atoms with Crippen molar-refractivity contribution in [2.75, 3.05) is 19.6 Å². The van der Waals surface area contributed by atoms with E-state index in [9.17, 15) is 14.0 Å². The average molecular weight is 423 g/mol. The Hall–Kier alpha value is -3.21. The normalized spacial score (nSPS) is 26.4. The quantitative estimate of drug-likeness (QED) is 0.230. The summed E-state index contributed by atoms with van der Waals surface area (Å²) in [5, 5.41) is 15.2. The van der Waals surface area contributed by atoms with Crippen molar-refractivity contribution in [3.8, 4) is 6.07 Å². The summed E-state index contributed by atoms with van der Waals surface area (Å²) in [6.45, 7) is 3.56. The van der Waals surface area contributed by atoms with Crippen LogP contribution in [0.1, 0.15) is 30.9 Å². The molecule has 1 aliphatic heterocycles. The summed E-state index contributed by atoms with van der Waals surface area (Å²) in [6, 6.07) is 6.19. The van der Waals surface area contributed by atoms with E-state index >= 15 is 0 Å². The van der Waals surface area contributed by atoms with Crippen LogP contribution in [0.15, 0.2) is 35.3 Å². The first-order valence-electron chi connectivity index (χ1n) is 10.8. The molecule has 2 N–H and O–H groups in total. The minimum Gasteiger partial charge on any atom is -0.357 e. The molecule has 4 rings (SSSR count). The SMILES string of the molecule is CCNC(=NCc1cc(C#N)ccc1F)NCCCN1C(=O)C2C3C=CC(C3)C2C1=O. The van der Waals surface area contributed by atoms with Crippen LogP contribution >= 0.6 is 0 Å². The van der Waals surface area contributed by atoms with Gasteiger partial charge in [-0.2, -0.15) is 5.26 Å².